The van der Waals surface area contributed by atoms with E-state index in [1.807, 2.05) is 18.2 Å². The van der Waals surface area contributed by atoms with Crippen molar-refractivity contribution < 1.29 is 0 Å². The van der Waals surface area contributed by atoms with Crippen LogP contribution in [0.25, 0.3) is 38.4 Å². The highest BCUT2D eigenvalue weighted by Crippen LogP contribution is 2.36. The van der Waals surface area contributed by atoms with Gasteiger partial charge in [-0.05, 0) is 87.0 Å². The Bertz CT molecular complexity index is 1830. The first-order valence-electron chi connectivity index (χ1n) is 13.2. The third-order valence-electron chi connectivity index (χ3n) is 7.13. The number of allylic oxidation sites excluding steroid dienone is 1. The molecule has 2 heteroatoms. The van der Waals surface area contributed by atoms with Crippen LogP contribution in [0.1, 0.15) is 23.6 Å². The number of rotatable bonds is 6. The molecule has 6 aromatic rings. The Morgan fingerprint density at radius 2 is 1.28 bits per heavy atom. The molecule has 0 atom stereocenters. The number of hydrogen-bond donors (Lipinski definition) is 0. The third kappa shape index (κ3) is 5.41. The van der Waals surface area contributed by atoms with E-state index in [-0.39, 0.29) is 0 Å². The zero-order valence-corrected chi connectivity index (χ0v) is 22.6. The van der Waals surface area contributed by atoms with Crippen molar-refractivity contribution in [3.05, 3.63) is 161 Å². The lowest BCUT2D eigenvalue weighted by Gasteiger charge is -2.13. The molecule has 0 N–H and O–H groups in total. The molecule has 1 nitrogen and oxygen atoms in total. The maximum atomic E-state index is 6.74. The molecule has 0 unspecified atom stereocenters. The molecule has 0 amide bonds. The quantitative estimate of drug-likeness (QED) is 0.153. The zero-order chi connectivity index (χ0) is 26.6. The second kappa shape index (κ2) is 11.1. The molecular weight excluding hydrogens is 494 g/mol. The van der Waals surface area contributed by atoms with Gasteiger partial charge >= 0.3 is 0 Å². The molecule has 6 aromatic carbocycles. The van der Waals surface area contributed by atoms with E-state index in [0.29, 0.717) is 5.02 Å². The van der Waals surface area contributed by atoms with E-state index in [1.54, 1.807) is 0 Å². The molecular formula is C37H28ClN. The van der Waals surface area contributed by atoms with Gasteiger partial charge in [0.15, 0.2) is 0 Å². The van der Waals surface area contributed by atoms with Gasteiger partial charge in [0.1, 0.15) is 0 Å². The summed E-state index contributed by atoms with van der Waals surface area (Å²) in [7, 11) is 0. The molecule has 0 saturated heterocycles. The van der Waals surface area contributed by atoms with Crippen LogP contribution in [-0.2, 0) is 6.42 Å². The molecule has 39 heavy (non-hydrogen) atoms. The lowest BCUT2D eigenvalue weighted by Crippen LogP contribution is -1.98. The fourth-order valence-electron chi connectivity index (χ4n) is 5.16. The second-order valence-corrected chi connectivity index (χ2v) is 10.2. The maximum absolute atomic E-state index is 6.74. The van der Waals surface area contributed by atoms with Crippen molar-refractivity contribution in [2.45, 2.75) is 13.3 Å². The maximum Gasteiger partial charge on any atom is 0.0668 e. The average molecular weight is 522 g/mol. The van der Waals surface area contributed by atoms with Crippen LogP contribution in [0.3, 0.4) is 0 Å². The number of hydrogen-bond acceptors (Lipinski definition) is 1. The summed E-state index contributed by atoms with van der Waals surface area (Å²) in [6, 6.07) is 46.5. The Hall–Kier alpha value is -4.46. The van der Waals surface area contributed by atoms with Crippen molar-refractivity contribution in [2.75, 3.05) is 0 Å². The minimum absolute atomic E-state index is 0.698. The fraction of sp³-hybridized carbons (Fsp3) is 0.0541. The predicted octanol–water partition coefficient (Wildman–Crippen LogP) is 10.4. The van der Waals surface area contributed by atoms with Gasteiger partial charge in [-0.1, -0.05) is 127 Å². The van der Waals surface area contributed by atoms with Crippen molar-refractivity contribution >= 4 is 44.6 Å². The first kappa shape index (κ1) is 24.9. The molecule has 0 spiro atoms. The Labute approximate surface area is 234 Å². The van der Waals surface area contributed by atoms with Crippen LogP contribution in [0.15, 0.2) is 145 Å². The molecule has 0 aromatic heterocycles. The highest BCUT2D eigenvalue weighted by atomic mass is 35.5. The molecule has 0 aliphatic heterocycles. The lowest BCUT2D eigenvalue weighted by molar-refractivity contribution is 1.26. The molecule has 0 bridgehead atoms. The SMILES string of the molecule is CC(=N/C(=C\Cc1ccccc1)c1ccccc1)c1cc(Cl)cc(-c2cc3ccccc3c3ccccc23)c1. The number of aliphatic imine (C=N–C) groups is 1. The number of halogens is 1. The largest absolute Gasteiger partial charge is 0.253 e. The van der Waals surface area contributed by atoms with Gasteiger partial charge < -0.3 is 0 Å². The summed E-state index contributed by atoms with van der Waals surface area (Å²) in [5.74, 6) is 0. The topological polar surface area (TPSA) is 12.4 Å². The Balaban J connectivity index is 1.45. The van der Waals surface area contributed by atoms with Gasteiger partial charge in [-0.15, -0.1) is 0 Å². The molecule has 0 aliphatic rings. The molecule has 0 radical (unpaired) electrons. The molecule has 0 aliphatic carbocycles. The van der Waals surface area contributed by atoms with E-state index < -0.39 is 0 Å². The predicted molar refractivity (Wildman–Crippen MR) is 169 cm³/mol. The van der Waals surface area contributed by atoms with Gasteiger partial charge in [0.2, 0.25) is 0 Å². The van der Waals surface area contributed by atoms with Crippen molar-refractivity contribution in [1.82, 2.24) is 0 Å². The van der Waals surface area contributed by atoms with E-state index in [2.05, 4.69) is 128 Å². The zero-order valence-electron chi connectivity index (χ0n) is 21.8. The van der Waals surface area contributed by atoms with E-state index in [9.17, 15) is 0 Å². The third-order valence-corrected chi connectivity index (χ3v) is 7.34. The number of fused-ring (bicyclic) bond motifs is 3. The van der Waals surface area contributed by atoms with Crippen LogP contribution < -0.4 is 0 Å². The standard InChI is InChI=1S/C37H28ClN/c1-26(39-37(28-14-6-3-7-15-28)21-20-27-12-4-2-5-13-27)30-22-31(24-32(38)23-30)36-25-29-16-8-9-17-33(29)34-18-10-11-19-35(34)36/h2-19,21-25H,20H2,1H3/b37-21-,39-26?. The van der Waals surface area contributed by atoms with Crippen LogP contribution in [0.2, 0.25) is 5.02 Å². The molecule has 0 heterocycles. The summed E-state index contributed by atoms with van der Waals surface area (Å²) in [5.41, 5.74) is 7.49. The second-order valence-electron chi connectivity index (χ2n) is 9.76. The summed E-state index contributed by atoms with van der Waals surface area (Å²) in [5, 5.41) is 5.63. The average Bonchev–Trinajstić information content (AvgIpc) is 2.99. The van der Waals surface area contributed by atoms with Gasteiger partial charge in [-0.2, -0.15) is 0 Å². The van der Waals surface area contributed by atoms with Crippen molar-refractivity contribution in [3.63, 3.8) is 0 Å². The lowest BCUT2D eigenvalue weighted by atomic mass is 9.92. The van der Waals surface area contributed by atoms with Crippen LogP contribution in [0.5, 0.6) is 0 Å². The van der Waals surface area contributed by atoms with E-state index in [0.717, 1.165) is 34.5 Å². The minimum atomic E-state index is 0.698. The fourth-order valence-corrected chi connectivity index (χ4v) is 5.39. The Morgan fingerprint density at radius 1 is 0.641 bits per heavy atom. The summed E-state index contributed by atoms with van der Waals surface area (Å²) in [4.78, 5) is 5.14. The van der Waals surface area contributed by atoms with Gasteiger partial charge in [0.25, 0.3) is 0 Å². The van der Waals surface area contributed by atoms with Crippen LogP contribution in [0, 0.1) is 0 Å². The molecule has 0 fully saturated rings. The molecule has 0 saturated carbocycles. The van der Waals surface area contributed by atoms with E-state index >= 15 is 0 Å². The van der Waals surface area contributed by atoms with Crippen molar-refractivity contribution in [3.8, 4) is 11.1 Å². The highest BCUT2D eigenvalue weighted by molar-refractivity contribution is 6.31. The number of benzene rings is 6. The smallest absolute Gasteiger partial charge is 0.0668 e. The number of nitrogens with zero attached hydrogens (tertiary/aromatic N) is 1. The monoisotopic (exact) mass is 521 g/mol. The Kier molecular flexibility index (Phi) is 7.08. The highest BCUT2D eigenvalue weighted by Gasteiger charge is 2.12. The van der Waals surface area contributed by atoms with Crippen LogP contribution in [-0.4, -0.2) is 5.71 Å². The van der Waals surface area contributed by atoms with Gasteiger partial charge in [0, 0.05) is 10.7 Å². The van der Waals surface area contributed by atoms with Crippen LogP contribution >= 0.6 is 11.6 Å². The van der Waals surface area contributed by atoms with Gasteiger partial charge in [0.05, 0.1) is 5.70 Å². The first-order valence-corrected chi connectivity index (χ1v) is 13.6. The normalized spacial score (nSPS) is 12.3. The van der Waals surface area contributed by atoms with E-state index in [4.69, 9.17) is 16.6 Å². The van der Waals surface area contributed by atoms with Crippen molar-refractivity contribution in [2.24, 2.45) is 4.99 Å². The molecule has 6 rings (SSSR count). The first-order chi connectivity index (χ1) is 19.2. The summed E-state index contributed by atoms with van der Waals surface area (Å²) in [6.07, 6.45) is 3.02. The Morgan fingerprint density at radius 3 is 2.05 bits per heavy atom. The van der Waals surface area contributed by atoms with Gasteiger partial charge in [-0.25, -0.2) is 0 Å². The minimum Gasteiger partial charge on any atom is -0.253 e. The van der Waals surface area contributed by atoms with E-state index in [1.165, 1.54) is 32.7 Å². The molecule has 188 valence electrons. The summed E-state index contributed by atoms with van der Waals surface area (Å²) < 4.78 is 0. The summed E-state index contributed by atoms with van der Waals surface area (Å²) >= 11 is 6.74. The van der Waals surface area contributed by atoms with Crippen molar-refractivity contribution in [1.29, 1.82) is 0 Å². The van der Waals surface area contributed by atoms with Crippen LogP contribution in [0.4, 0.5) is 0 Å². The van der Waals surface area contributed by atoms with Gasteiger partial charge in [-0.3, -0.25) is 4.99 Å². The summed E-state index contributed by atoms with van der Waals surface area (Å²) in [6.45, 7) is 2.06.